The highest BCUT2D eigenvalue weighted by atomic mass is 16.5. The predicted octanol–water partition coefficient (Wildman–Crippen LogP) is 6.76. The van der Waals surface area contributed by atoms with Gasteiger partial charge < -0.3 is 10.1 Å². The maximum atomic E-state index is 5.82. The Balaban J connectivity index is 1.34. The Labute approximate surface area is 160 Å². The second kappa shape index (κ2) is 8.24. The van der Waals surface area contributed by atoms with E-state index in [1.807, 2.05) is 60.7 Å². The Morgan fingerprint density at radius 2 is 1.07 bits per heavy atom. The fourth-order valence-corrected chi connectivity index (χ4v) is 2.92. The quantitative estimate of drug-likeness (QED) is 0.414. The molecule has 27 heavy (non-hydrogen) atoms. The van der Waals surface area contributed by atoms with Crippen molar-refractivity contribution in [2.45, 2.75) is 6.54 Å². The Hall–Kier alpha value is -3.52. The van der Waals surface area contributed by atoms with Crippen LogP contribution in [0.1, 0.15) is 5.56 Å². The molecule has 4 aromatic carbocycles. The van der Waals surface area contributed by atoms with Gasteiger partial charge in [-0.2, -0.15) is 0 Å². The number of hydrogen-bond donors (Lipinski definition) is 1. The summed E-state index contributed by atoms with van der Waals surface area (Å²) in [5, 5.41) is 3.46. The zero-order valence-electron chi connectivity index (χ0n) is 15.0. The number of anilines is 1. The first kappa shape index (κ1) is 16.9. The summed E-state index contributed by atoms with van der Waals surface area (Å²) in [4.78, 5) is 0. The van der Waals surface area contributed by atoms with E-state index in [9.17, 15) is 0 Å². The van der Waals surface area contributed by atoms with Crippen molar-refractivity contribution in [3.05, 3.63) is 115 Å². The van der Waals surface area contributed by atoms with Crippen LogP contribution in [0.2, 0.25) is 0 Å². The van der Waals surface area contributed by atoms with Crippen LogP contribution in [-0.4, -0.2) is 0 Å². The highest BCUT2D eigenvalue weighted by Crippen LogP contribution is 2.23. The van der Waals surface area contributed by atoms with Crippen LogP contribution >= 0.6 is 0 Å². The van der Waals surface area contributed by atoms with Crippen LogP contribution in [0.4, 0.5) is 5.69 Å². The molecule has 0 spiro atoms. The fourth-order valence-electron chi connectivity index (χ4n) is 2.92. The van der Waals surface area contributed by atoms with Crippen LogP contribution < -0.4 is 10.1 Å². The van der Waals surface area contributed by atoms with E-state index in [1.165, 1.54) is 16.7 Å². The minimum Gasteiger partial charge on any atom is -0.457 e. The number of hydrogen-bond acceptors (Lipinski definition) is 2. The molecular formula is C25H21NO. The molecule has 2 nitrogen and oxygen atoms in total. The molecule has 0 aliphatic heterocycles. The van der Waals surface area contributed by atoms with E-state index < -0.39 is 0 Å². The molecule has 0 radical (unpaired) electrons. The van der Waals surface area contributed by atoms with Crippen molar-refractivity contribution in [3.63, 3.8) is 0 Å². The first-order valence-electron chi connectivity index (χ1n) is 9.08. The molecule has 132 valence electrons. The number of benzene rings is 4. The van der Waals surface area contributed by atoms with Gasteiger partial charge in [-0.05, 0) is 53.1 Å². The molecule has 0 saturated heterocycles. The van der Waals surface area contributed by atoms with Crippen molar-refractivity contribution < 1.29 is 4.74 Å². The van der Waals surface area contributed by atoms with Crippen molar-refractivity contribution in [2.75, 3.05) is 5.32 Å². The summed E-state index contributed by atoms with van der Waals surface area (Å²) < 4.78 is 5.82. The van der Waals surface area contributed by atoms with Gasteiger partial charge >= 0.3 is 0 Å². The zero-order valence-corrected chi connectivity index (χ0v) is 15.0. The van der Waals surface area contributed by atoms with Gasteiger partial charge in [0.1, 0.15) is 11.5 Å². The van der Waals surface area contributed by atoms with Crippen LogP contribution in [-0.2, 0) is 6.54 Å². The van der Waals surface area contributed by atoms with Gasteiger partial charge in [0.2, 0.25) is 0 Å². The molecular weight excluding hydrogens is 330 g/mol. The average Bonchev–Trinajstić information content (AvgIpc) is 2.75. The molecule has 0 atom stereocenters. The molecule has 0 amide bonds. The third-order valence-electron chi connectivity index (χ3n) is 4.39. The van der Waals surface area contributed by atoms with Crippen LogP contribution in [0, 0.1) is 0 Å². The minimum absolute atomic E-state index is 0.786. The Morgan fingerprint density at radius 3 is 1.74 bits per heavy atom. The van der Waals surface area contributed by atoms with E-state index in [4.69, 9.17) is 4.74 Å². The Bertz CT molecular complexity index is 962. The molecule has 0 heterocycles. The highest BCUT2D eigenvalue weighted by molar-refractivity contribution is 5.63. The third-order valence-corrected chi connectivity index (χ3v) is 4.39. The van der Waals surface area contributed by atoms with Gasteiger partial charge in [-0.15, -0.1) is 0 Å². The molecule has 1 N–H and O–H groups in total. The van der Waals surface area contributed by atoms with Crippen LogP contribution in [0.5, 0.6) is 11.5 Å². The molecule has 0 unspecified atom stereocenters. The zero-order chi connectivity index (χ0) is 18.3. The lowest BCUT2D eigenvalue weighted by atomic mass is 10.0. The second-order valence-electron chi connectivity index (χ2n) is 6.36. The number of rotatable bonds is 6. The average molecular weight is 351 g/mol. The van der Waals surface area contributed by atoms with E-state index >= 15 is 0 Å². The van der Waals surface area contributed by atoms with Gasteiger partial charge in [0.25, 0.3) is 0 Å². The summed E-state index contributed by atoms with van der Waals surface area (Å²) in [7, 11) is 0. The summed E-state index contributed by atoms with van der Waals surface area (Å²) in [6.07, 6.45) is 0. The number of nitrogens with one attached hydrogen (secondary N) is 1. The monoisotopic (exact) mass is 351 g/mol. The van der Waals surface area contributed by atoms with Crippen LogP contribution in [0.25, 0.3) is 11.1 Å². The predicted molar refractivity (Wildman–Crippen MR) is 112 cm³/mol. The third kappa shape index (κ3) is 4.56. The maximum Gasteiger partial charge on any atom is 0.127 e. The van der Waals surface area contributed by atoms with Crippen molar-refractivity contribution in [3.8, 4) is 22.6 Å². The Kier molecular flexibility index (Phi) is 5.16. The summed E-state index contributed by atoms with van der Waals surface area (Å²) >= 11 is 0. The first-order valence-corrected chi connectivity index (χ1v) is 9.08. The molecule has 0 aliphatic rings. The largest absolute Gasteiger partial charge is 0.457 e. The van der Waals surface area contributed by atoms with Gasteiger partial charge in [-0.25, -0.2) is 0 Å². The van der Waals surface area contributed by atoms with Crippen molar-refractivity contribution >= 4 is 5.69 Å². The molecule has 0 saturated carbocycles. The molecule has 0 aliphatic carbocycles. The van der Waals surface area contributed by atoms with Gasteiger partial charge in [0, 0.05) is 12.2 Å². The smallest absolute Gasteiger partial charge is 0.127 e. The fraction of sp³-hybridized carbons (Fsp3) is 0.0400. The lowest BCUT2D eigenvalue weighted by Crippen LogP contribution is -1.99. The SMILES string of the molecule is c1ccc(Oc2ccc(NCc3ccc(-c4ccccc4)cc3)cc2)cc1. The Morgan fingerprint density at radius 1 is 0.519 bits per heavy atom. The summed E-state index contributed by atoms with van der Waals surface area (Å²) in [6, 6.07) is 37.0. The van der Waals surface area contributed by atoms with E-state index in [2.05, 4.69) is 53.8 Å². The molecule has 0 aromatic heterocycles. The maximum absolute atomic E-state index is 5.82. The molecule has 0 bridgehead atoms. The minimum atomic E-state index is 0.786. The van der Waals surface area contributed by atoms with Gasteiger partial charge in [0.15, 0.2) is 0 Å². The lowest BCUT2D eigenvalue weighted by Gasteiger charge is -2.09. The van der Waals surface area contributed by atoms with Gasteiger partial charge in [0.05, 0.1) is 0 Å². The van der Waals surface area contributed by atoms with Crippen LogP contribution in [0.3, 0.4) is 0 Å². The molecule has 4 aromatic rings. The van der Waals surface area contributed by atoms with E-state index in [-0.39, 0.29) is 0 Å². The lowest BCUT2D eigenvalue weighted by molar-refractivity contribution is 0.483. The van der Waals surface area contributed by atoms with Crippen molar-refractivity contribution in [1.82, 2.24) is 0 Å². The summed E-state index contributed by atoms with van der Waals surface area (Å²) in [5.41, 5.74) is 4.80. The number of para-hydroxylation sites is 1. The summed E-state index contributed by atoms with van der Waals surface area (Å²) in [6.45, 7) is 0.786. The topological polar surface area (TPSA) is 21.3 Å². The number of ether oxygens (including phenoxy) is 1. The van der Waals surface area contributed by atoms with Crippen molar-refractivity contribution in [1.29, 1.82) is 0 Å². The summed E-state index contributed by atoms with van der Waals surface area (Å²) in [5.74, 6) is 1.68. The molecule has 2 heteroatoms. The van der Waals surface area contributed by atoms with E-state index in [0.29, 0.717) is 0 Å². The van der Waals surface area contributed by atoms with Gasteiger partial charge in [-0.1, -0.05) is 72.8 Å². The van der Waals surface area contributed by atoms with Crippen LogP contribution in [0.15, 0.2) is 109 Å². The standard InChI is InChI=1S/C25H21NO/c1-3-7-21(8-4-1)22-13-11-20(12-14-22)19-26-23-15-17-25(18-16-23)27-24-9-5-2-6-10-24/h1-18,26H,19H2. The first-order chi connectivity index (χ1) is 13.4. The van der Waals surface area contributed by atoms with E-state index in [0.717, 1.165) is 23.7 Å². The van der Waals surface area contributed by atoms with Crippen molar-refractivity contribution in [2.24, 2.45) is 0 Å². The molecule has 0 fully saturated rings. The highest BCUT2D eigenvalue weighted by Gasteiger charge is 2.00. The second-order valence-corrected chi connectivity index (χ2v) is 6.36. The normalized spacial score (nSPS) is 10.4. The van der Waals surface area contributed by atoms with Gasteiger partial charge in [-0.3, -0.25) is 0 Å². The molecule has 4 rings (SSSR count). The van der Waals surface area contributed by atoms with E-state index in [1.54, 1.807) is 0 Å².